The largest absolute Gasteiger partial charge is 0.352 e. The van der Waals surface area contributed by atoms with E-state index in [0.717, 1.165) is 25.2 Å². The maximum Gasteiger partial charge on any atom is 0.129 e. The average molecular weight is 279 g/mol. The Bertz CT molecular complexity index is 422. The van der Waals surface area contributed by atoms with E-state index in [1.807, 2.05) is 0 Å². The fraction of sp³-hybridized carbons (Fsp3) is 0.667. The Morgan fingerprint density at radius 2 is 2.21 bits per heavy atom. The number of thioether (sulfide) groups is 1. The highest BCUT2D eigenvalue weighted by Crippen LogP contribution is 2.28. The molecule has 0 radical (unpaired) electrons. The molecule has 1 aromatic heterocycles. The van der Waals surface area contributed by atoms with E-state index in [2.05, 4.69) is 49.6 Å². The van der Waals surface area contributed by atoms with Crippen LogP contribution in [-0.2, 0) is 13.0 Å². The number of pyridine rings is 1. The molecule has 0 spiro atoms. The van der Waals surface area contributed by atoms with Gasteiger partial charge in [0.25, 0.3) is 0 Å². The summed E-state index contributed by atoms with van der Waals surface area (Å²) in [6, 6.07) is 4.85. The van der Waals surface area contributed by atoms with E-state index in [4.69, 9.17) is 10.7 Å². The van der Waals surface area contributed by atoms with Crippen LogP contribution >= 0.6 is 11.8 Å². The van der Waals surface area contributed by atoms with Crippen molar-refractivity contribution in [3.8, 4) is 0 Å². The van der Waals surface area contributed by atoms with Crippen molar-refractivity contribution in [3.05, 3.63) is 23.4 Å². The van der Waals surface area contributed by atoms with E-state index >= 15 is 0 Å². The molecule has 2 unspecified atom stereocenters. The maximum atomic E-state index is 5.82. The number of nitrogens with two attached hydrogens (primary N) is 1. The van der Waals surface area contributed by atoms with E-state index in [-0.39, 0.29) is 0 Å². The van der Waals surface area contributed by atoms with Gasteiger partial charge in [0.1, 0.15) is 5.82 Å². The van der Waals surface area contributed by atoms with Gasteiger partial charge < -0.3 is 10.6 Å². The van der Waals surface area contributed by atoms with E-state index in [9.17, 15) is 0 Å². The molecular formula is C15H25N3S. The zero-order valence-corrected chi connectivity index (χ0v) is 13.0. The summed E-state index contributed by atoms with van der Waals surface area (Å²) in [6.07, 6.45) is 2.16. The van der Waals surface area contributed by atoms with Crippen LogP contribution in [0.25, 0.3) is 0 Å². The lowest BCUT2D eigenvalue weighted by molar-refractivity contribution is 0.618. The summed E-state index contributed by atoms with van der Waals surface area (Å²) in [4.78, 5) is 7.28. The van der Waals surface area contributed by atoms with Gasteiger partial charge in [-0.1, -0.05) is 20.3 Å². The Morgan fingerprint density at radius 3 is 2.89 bits per heavy atom. The van der Waals surface area contributed by atoms with Gasteiger partial charge in [-0.15, -0.1) is 0 Å². The fourth-order valence-corrected chi connectivity index (χ4v) is 3.64. The summed E-state index contributed by atoms with van der Waals surface area (Å²) in [5.74, 6) is 2.30. The van der Waals surface area contributed by atoms with Crippen molar-refractivity contribution < 1.29 is 0 Å². The number of aromatic nitrogens is 1. The smallest absolute Gasteiger partial charge is 0.129 e. The van der Waals surface area contributed by atoms with Crippen LogP contribution in [0, 0.1) is 0 Å². The van der Waals surface area contributed by atoms with Crippen LogP contribution in [0.2, 0.25) is 0 Å². The van der Waals surface area contributed by atoms with E-state index in [1.165, 1.54) is 17.0 Å². The first kappa shape index (κ1) is 14.7. The molecule has 1 aliphatic rings. The van der Waals surface area contributed by atoms with E-state index < -0.39 is 0 Å². The molecule has 1 fully saturated rings. The van der Waals surface area contributed by atoms with Crippen molar-refractivity contribution in [3.63, 3.8) is 0 Å². The van der Waals surface area contributed by atoms with Gasteiger partial charge in [-0.2, -0.15) is 11.8 Å². The third-order valence-corrected chi connectivity index (χ3v) is 5.18. The monoisotopic (exact) mass is 279 g/mol. The van der Waals surface area contributed by atoms with Crippen LogP contribution < -0.4 is 10.6 Å². The van der Waals surface area contributed by atoms with Gasteiger partial charge in [-0.05, 0) is 31.0 Å². The number of nitrogens with zero attached hydrogens (tertiary/aromatic N) is 2. The third kappa shape index (κ3) is 3.42. The molecule has 3 nitrogen and oxygen atoms in total. The van der Waals surface area contributed by atoms with Gasteiger partial charge in [0.2, 0.25) is 0 Å². The lowest BCUT2D eigenvalue weighted by Gasteiger charge is -2.38. The fourth-order valence-electron chi connectivity index (χ4n) is 2.54. The van der Waals surface area contributed by atoms with Crippen molar-refractivity contribution >= 4 is 17.6 Å². The zero-order valence-electron chi connectivity index (χ0n) is 12.2. The van der Waals surface area contributed by atoms with Crippen molar-refractivity contribution in [2.75, 3.05) is 17.2 Å². The SMILES string of the molecule is CCCc1cc(CN)cc(N2CCSC(C)C2C)n1. The number of anilines is 1. The molecule has 0 aromatic carbocycles. The van der Waals surface area contributed by atoms with Gasteiger partial charge in [0, 0.05) is 35.8 Å². The van der Waals surface area contributed by atoms with Crippen LogP contribution in [0.15, 0.2) is 12.1 Å². The Balaban J connectivity index is 2.29. The molecule has 2 atom stereocenters. The highest BCUT2D eigenvalue weighted by atomic mass is 32.2. The minimum atomic E-state index is 0.536. The standard InChI is InChI=1S/C15H25N3S/c1-4-5-14-8-13(10-16)9-15(17-14)18-6-7-19-12(3)11(18)2/h8-9,11-12H,4-7,10,16H2,1-3H3. The Hall–Kier alpha value is -0.740. The minimum absolute atomic E-state index is 0.536. The van der Waals surface area contributed by atoms with Gasteiger partial charge in [0.15, 0.2) is 0 Å². The van der Waals surface area contributed by atoms with Gasteiger partial charge in [-0.25, -0.2) is 4.98 Å². The Morgan fingerprint density at radius 1 is 1.42 bits per heavy atom. The number of hydrogen-bond donors (Lipinski definition) is 1. The molecular weight excluding hydrogens is 254 g/mol. The van der Waals surface area contributed by atoms with Crippen LogP contribution in [0.1, 0.15) is 38.4 Å². The maximum absolute atomic E-state index is 5.82. The molecule has 2 heterocycles. The minimum Gasteiger partial charge on any atom is -0.352 e. The summed E-state index contributed by atoms with van der Waals surface area (Å²) in [7, 11) is 0. The van der Waals surface area contributed by atoms with E-state index in [0.29, 0.717) is 17.8 Å². The Kier molecular flexibility index (Phi) is 5.11. The number of hydrogen-bond acceptors (Lipinski definition) is 4. The molecule has 0 bridgehead atoms. The van der Waals surface area contributed by atoms with Crippen LogP contribution in [0.3, 0.4) is 0 Å². The molecule has 0 aliphatic carbocycles. The number of rotatable bonds is 4. The van der Waals surface area contributed by atoms with Crippen molar-refractivity contribution in [1.82, 2.24) is 4.98 Å². The second-order valence-electron chi connectivity index (χ2n) is 5.29. The quantitative estimate of drug-likeness (QED) is 0.920. The van der Waals surface area contributed by atoms with Gasteiger partial charge >= 0.3 is 0 Å². The normalized spacial score (nSPS) is 23.7. The summed E-state index contributed by atoms with van der Waals surface area (Å²) in [5.41, 5.74) is 8.20. The third-order valence-electron chi connectivity index (χ3n) is 3.84. The van der Waals surface area contributed by atoms with Gasteiger partial charge in [-0.3, -0.25) is 0 Å². The molecule has 1 aromatic rings. The first-order chi connectivity index (χ1) is 9.15. The lowest BCUT2D eigenvalue weighted by Crippen LogP contribution is -2.45. The highest BCUT2D eigenvalue weighted by molar-refractivity contribution is 8.00. The van der Waals surface area contributed by atoms with Crippen LogP contribution in [-0.4, -0.2) is 28.6 Å². The van der Waals surface area contributed by atoms with Crippen molar-refractivity contribution in [2.24, 2.45) is 5.73 Å². The van der Waals surface area contributed by atoms with Crippen molar-refractivity contribution in [2.45, 2.75) is 51.4 Å². The molecule has 2 rings (SSSR count). The topological polar surface area (TPSA) is 42.1 Å². The second-order valence-corrected chi connectivity index (χ2v) is 6.77. The summed E-state index contributed by atoms with van der Waals surface area (Å²) < 4.78 is 0. The molecule has 2 N–H and O–H groups in total. The first-order valence-corrected chi connectivity index (χ1v) is 8.28. The predicted molar refractivity (Wildman–Crippen MR) is 84.9 cm³/mol. The molecule has 1 aliphatic heterocycles. The van der Waals surface area contributed by atoms with E-state index in [1.54, 1.807) is 0 Å². The second kappa shape index (κ2) is 6.62. The van der Waals surface area contributed by atoms with Crippen LogP contribution in [0.4, 0.5) is 5.82 Å². The molecule has 19 heavy (non-hydrogen) atoms. The van der Waals surface area contributed by atoms with Crippen molar-refractivity contribution in [1.29, 1.82) is 0 Å². The number of aryl methyl sites for hydroxylation is 1. The molecule has 0 saturated carbocycles. The summed E-state index contributed by atoms with van der Waals surface area (Å²) in [6.45, 7) is 8.48. The molecule has 0 amide bonds. The highest BCUT2D eigenvalue weighted by Gasteiger charge is 2.26. The average Bonchev–Trinajstić information content (AvgIpc) is 2.42. The lowest BCUT2D eigenvalue weighted by atomic mass is 10.1. The van der Waals surface area contributed by atoms with Gasteiger partial charge in [0.05, 0.1) is 0 Å². The first-order valence-electron chi connectivity index (χ1n) is 7.23. The van der Waals surface area contributed by atoms with Crippen LogP contribution in [0.5, 0.6) is 0 Å². The zero-order chi connectivity index (χ0) is 13.8. The predicted octanol–water partition coefficient (Wildman–Crippen LogP) is 2.82. The Labute approximate surface area is 121 Å². The molecule has 1 saturated heterocycles. The molecule has 4 heteroatoms. The summed E-state index contributed by atoms with van der Waals surface area (Å²) in [5, 5.41) is 0.659. The summed E-state index contributed by atoms with van der Waals surface area (Å²) >= 11 is 2.05. The molecule has 106 valence electrons.